The van der Waals surface area contributed by atoms with E-state index in [2.05, 4.69) is 17.0 Å². The third kappa shape index (κ3) is 2.70. The highest BCUT2D eigenvalue weighted by atomic mass is 16.1. The van der Waals surface area contributed by atoms with Crippen LogP contribution in [-0.2, 0) is 11.3 Å². The van der Waals surface area contributed by atoms with E-state index >= 15 is 0 Å². The zero-order valence-corrected chi connectivity index (χ0v) is 11.3. The van der Waals surface area contributed by atoms with Crippen LogP contribution in [0.1, 0.15) is 17.2 Å². The van der Waals surface area contributed by atoms with E-state index in [-0.39, 0.29) is 11.8 Å². The van der Waals surface area contributed by atoms with E-state index in [1.807, 2.05) is 54.6 Å². The van der Waals surface area contributed by atoms with Crippen molar-refractivity contribution >= 4 is 5.78 Å². The van der Waals surface area contributed by atoms with Gasteiger partial charge in [0, 0.05) is 13.1 Å². The van der Waals surface area contributed by atoms with Gasteiger partial charge in [-0.05, 0) is 17.2 Å². The molecule has 0 aliphatic carbocycles. The van der Waals surface area contributed by atoms with Gasteiger partial charge in [-0.2, -0.15) is 0 Å². The minimum atomic E-state index is -0.165. The fourth-order valence-electron chi connectivity index (χ4n) is 2.66. The second-order valence-electron chi connectivity index (χ2n) is 5.03. The molecule has 1 heterocycles. The van der Waals surface area contributed by atoms with Crippen LogP contribution < -0.4 is 0 Å². The molecule has 0 bridgehead atoms. The second kappa shape index (κ2) is 5.85. The van der Waals surface area contributed by atoms with Crippen LogP contribution in [0.2, 0.25) is 0 Å². The normalized spacial score (nSPS) is 19.2. The van der Waals surface area contributed by atoms with E-state index < -0.39 is 0 Å². The summed E-state index contributed by atoms with van der Waals surface area (Å²) in [6, 6.07) is 20.1. The Kier molecular flexibility index (Phi) is 3.75. The van der Waals surface area contributed by atoms with Crippen molar-refractivity contribution in [3.05, 3.63) is 83.9 Å². The van der Waals surface area contributed by atoms with Crippen LogP contribution >= 0.6 is 0 Å². The summed E-state index contributed by atoms with van der Waals surface area (Å²) in [5.74, 6) is 0.165. The molecule has 2 aromatic rings. The average molecular weight is 263 g/mol. The maximum absolute atomic E-state index is 12.3. The Bertz CT molecular complexity index is 604. The lowest BCUT2D eigenvalue weighted by Gasteiger charge is -2.32. The summed E-state index contributed by atoms with van der Waals surface area (Å²) in [6.07, 6.45) is 3.66. The number of ketones is 1. The zero-order valence-electron chi connectivity index (χ0n) is 11.3. The van der Waals surface area contributed by atoms with Gasteiger partial charge in [-0.3, -0.25) is 9.69 Å². The van der Waals surface area contributed by atoms with Crippen molar-refractivity contribution < 1.29 is 4.79 Å². The van der Waals surface area contributed by atoms with E-state index in [1.54, 1.807) is 6.08 Å². The van der Waals surface area contributed by atoms with Crippen molar-refractivity contribution in [2.75, 3.05) is 6.54 Å². The fourth-order valence-corrected chi connectivity index (χ4v) is 2.66. The van der Waals surface area contributed by atoms with E-state index in [9.17, 15) is 4.79 Å². The van der Waals surface area contributed by atoms with Gasteiger partial charge < -0.3 is 0 Å². The van der Waals surface area contributed by atoms with Crippen LogP contribution in [0, 0.1) is 0 Å². The van der Waals surface area contributed by atoms with Crippen molar-refractivity contribution in [2.45, 2.75) is 12.6 Å². The molecule has 0 saturated heterocycles. The molecule has 100 valence electrons. The van der Waals surface area contributed by atoms with Crippen LogP contribution in [0.5, 0.6) is 0 Å². The molecule has 0 N–H and O–H groups in total. The van der Waals surface area contributed by atoms with Crippen molar-refractivity contribution in [2.24, 2.45) is 0 Å². The van der Waals surface area contributed by atoms with Gasteiger partial charge in [0.25, 0.3) is 0 Å². The smallest absolute Gasteiger partial charge is 0.177 e. The molecule has 20 heavy (non-hydrogen) atoms. The Hall–Kier alpha value is -2.19. The molecule has 0 spiro atoms. The van der Waals surface area contributed by atoms with Gasteiger partial charge in [-0.25, -0.2) is 0 Å². The summed E-state index contributed by atoms with van der Waals surface area (Å²) in [4.78, 5) is 14.5. The highest BCUT2D eigenvalue weighted by molar-refractivity contribution is 5.95. The van der Waals surface area contributed by atoms with Crippen molar-refractivity contribution in [3.8, 4) is 0 Å². The van der Waals surface area contributed by atoms with Crippen molar-refractivity contribution in [3.63, 3.8) is 0 Å². The molecule has 0 radical (unpaired) electrons. The van der Waals surface area contributed by atoms with Gasteiger partial charge in [-0.1, -0.05) is 66.7 Å². The molecule has 1 atom stereocenters. The molecule has 0 saturated carbocycles. The number of rotatable bonds is 3. The molecule has 2 aromatic carbocycles. The Morgan fingerprint density at radius 2 is 1.60 bits per heavy atom. The van der Waals surface area contributed by atoms with Gasteiger partial charge in [0.15, 0.2) is 5.78 Å². The van der Waals surface area contributed by atoms with Crippen LogP contribution in [-0.4, -0.2) is 17.2 Å². The molecule has 0 amide bonds. The summed E-state index contributed by atoms with van der Waals surface area (Å²) < 4.78 is 0. The first-order valence-corrected chi connectivity index (χ1v) is 6.88. The zero-order chi connectivity index (χ0) is 13.8. The standard InChI is InChI=1S/C18H17NO/c20-17-12-7-13-19(14-15-8-3-1-4-9-15)18(17)16-10-5-2-6-11-16/h1-12,18H,13-14H2/t18-/m1/s1. The van der Waals surface area contributed by atoms with Gasteiger partial charge in [0.05, 0.1) is 6.04 Å². The SMILES string of the molecule is O=C1C=CCN(Cc2ccccc2)[C@@H]1c1ccccc1. The summed E-state index contributed by atoms with van der Waals surface area (Å²) in [5, 5.41) is 0. The number of carbonyl (C=O) groups excluding carboxylic acids is 1. The molecule has 0 aromatic heterocycles. The number of benzene rings is 2. The van der Waals surface area contributed by atoms with Gasteiger partial charge >= 0.3 is 0 Å². The number of hydrogen-bond acceptors (Lipinski definition) is 2. The van der Waals surface area contributed by atoms with E-state index in [1.165, 1.54) is 5.56 Å². The first-order chi connectivity index (χ1) is 9.84. The minimum absolute atomic E-state index is 0.165. The Morgan fingerprint density at radius 1 is 0.950 bits per heavy atom. The summed E-state index contributed by atoms with van der Waals surface area (Å²) in [6.45, 7) is 1.59. The molecule has 1 aliphatic rings. The van der Waals surface area contributed by atoms with Crippen LogP contribution in [0.15, 0.2) is 72.8 Å². The van der Waals surface area contributed by atoms with E-state index in [4.69, 9.17) is 0 Å². The van der Waals surface area contributed by atoms with E-state index in [0.717, 1.165) is 18.7 Å². The summed E-state index contributed by atoms with van der Waals surface area (Å²) in [5.41, 5.74) is 2.30. The Labute approximate surface area is 119 Å². The summed E-state index contributed by atoms with van der Waals surface area (Å²) in [7, 11) is 0. The van der Waals surface area contributed by atoms with Gasteiger partial charge in [0.2, 0.25) is 0 Å². The molecule has 1 aliphatic heterocycles. The topological polar surface area (TPSA) is 20.3 Å². The van der Waals surface area contributed by atoms with E-state index in [0.29, 0.717) is 0 Å². The molecular weight excluding hydrogens is 246 g/mol. The fraction of sp³-hybridized carbons (Fsp3) is 0.167. The average Bonchev–Trinajstić information content (AvgIpc) is 2.49. The van der Waals surface area contributed by atoms with Crippen LogP contribution in [0.3, 0.4) is 0 Å². The minimum Gasteiger partial charge on any atom is -0.293 e. The molecule has 2 heteroatoms. The lowest BCUT2D eigenvalue weighted by Crippen LogP contribution is -2.36. The van der Waals surface area contributed by atoms with Gasteiger partial charge in [0.1, 0.15) is 0 Å². The predicted octanol–water partition coefficient (Wildman–Crippen LogP) is 3.37. The molecule has 0 fully saturated rings. The Morgan fingerprint density at radius 3 is 2.30 bits per heavy atom. The highest BCUT2D eigenvalue weighted by Crippen LogP contribution is 2.26. The number of carbonyl (C=O) groups is 1. The largest absolute Gasteiger partial charge is 0.293 e. The van der Waals surface area contributed by atoms with Crippen molar-refractivity contribution in [1.29, 1.82) is 0 Å². The molecule has 3 rings (SSSR count). The second-order valence-corrected chi connectivity index (χ2v) is 5.03. The maximum atomic E-state index is 12.3. The quantitative estimate of drug-likeness (QED) is 0.846. The predicted molar refractivity (Wildman–Crippen MR) is 80.2 cm³/mol. The monoisotopic (exact) mass is 263 g/mol. The molecular formula is C18H17NO. The first-order valence-electron chi connectivity index (χ1n) is 6.88. The molecule has 2 nitrogen and oxygen atoms in total. The van der Waals surface area contributed by atoms with Gasteiger partial charge in [-0.15, -0.1) is 0 Å². The first kappa shape index (κ1) is 12.8. The third-order valence-corrected chi connectivity index (χ3v) is 3.60. The third-order valence-electron chi connectivity index (χ3n) is 3.60. The Balaban J connectivity index is 1.88. The van der Waals surface area contributed by atoms with Crippen LogP contribution in [0.25, 0.3) is 0 Å². The maximum Gasteiger partial charge on any atom is 0.177 e. The number of nitrogens with zero attached hydrogens (tertiary/aromatic N) is 1. The number of hydrogen-bond donors (Lipinski definition) is 0. The van der Waals surface area contributed by atoms with Crippen LogP contribution in [0.4, 0.5) is 0 Å². The molecule has 0 unspecified atom stereocenters. The van der Waals surface area contributed by atoms with Crippen molar-refractivity contribution in [1.82, 2.24) is 4.90 Å². The lowest BCUT2D eigenvalue weighted by molar-refractivity contribution is -0.120. The lowest BCUT2D eigenvalue weighted by atomic mass is 9.97. The summed E-state index contributed by atoms with van der Waals surface area (Å²) >= 11 is 0. The highest BCUT2D eigenvalue weighted by Gasteiger charge is 2.27.